The van der Waals surface area contributed by atoms with Crippen molar-refractivity contribution in [3.05, 3.63) is 67.0 Å². The molecule has 7 nitrogen and oxygen atoms in total. The van der Waals surface area contributed by atoms with Crippen molar-refractivity contribution in [2.24, 2.45) is 5.92 Å². The van der Waals surface area contributed by atoms with E-state index in [9.17, 15) is 9.59 Å². The quantitative estimate of drug-likeness (QED) is 0.660. The van der Waals surface area contributed by atoms with Gasteiger partial charge < -0.3 is 10.6 Å². The van der Waals surface area contributed by atoms with E-state index < -0.39 is 0 Å². The van der Waals surface area contributed by atoms with E-state index in [0.717, 1.165) is 36.2 Å². The topological polar surface area (TPSA) is 87.2 Å². The first kappa shape index (κ1) is 20.7. The summed E-state index contributed by atoms with van der Waals surface area (Å²) < 4.78 is 0. The van der Waals surface area contributed by atoms with Gasteiger partial charge >= 0.3 is 0 Å². The van der Waals surface area contributed by atoms with E-state index in [-0.39, 0.29) is 17.7 Å². The monoisotopic (exact) mass is 415 g/mol. The molecule has 1 aromatic carbocycles. The molecule has 2 amide bonds. The van der Waals surface area contributed by atoms with Gasteiger partial charge in [-0.2, -0.15) is 0 Å². The van der Waals surface area contributed by atoms with Gasteiger partial charge in [-0.15, -0.1) is 0 Å². The second-order valence-electron chi connectivity index (χ2n) is 7.56. The summed E-state index contributed by atoms with van der Waals surface area (Å²) in [6.07, 6.45) is 5.04. The molecule has 0 radical (unpaired) electrons. The smallest absolute Gasteiger partial charge is 0.239 e. The molecule has 4 rings (SSSR count). The minimum Gasteiger partial charge on any atom is -0.340 e. The van der Waals surface area contributed by atoms with Gasteiger partial charge in [0.05, 0.1) is 5.92 Å². The fraction of sp³-hybridized carbons (Fsp3) is 0.250. The number of imide groups is 1. The molecule has 3 heterocycles. The van der Waals surface area contributed by atoms with Crippen LogP contribution < -0.4 is 15.5 Å². The SMILES string of the molecule is CC(=O)N(C(=O)C1CCCNC1)c1cc(-c2ccnc(Nc3ccccc3)c2)ccn1. The Morgan fingerprint density at radius 2 is 1.77 bits per heavy atom. The Morgan fingerprint density at radius 3 is 2.48 bits per heavy atom. The molecule has 7 heteroatoms. The Labute approximate surface area is 181 Å². The molecule has 0 bridgehead atoms. The second-order valence-corrected chi connectivity index (χ2v) is 7.56. The van der Waals surface area contributed by atoms with Gasteiger partial charge in [0.2, 0.25) is 11.8 Å². The van der Waals surface area contributed by atoms with Crippen LogP contribution in [0, 0.1) is 5.92 Å². The summed E-state index contributed by atoms with van der Waals surface area (Å²) >= 11 is 0. The van der Waals surface area contributed by atoms with Gasteiger partial charge in [0.15, 0.2) is 0 Å². The number of carbonyl (C=O) groups is 2. The van der Waals surface area contributed by atoms with Crippen LogP contribution in [0.25, 0.3) is 11.1 Å². The maximum atomic E-state index is 13.1. The number of pyridine rings is 2. The number of nitrogens with one attached hydrogen (secondary N) is 2. The average Bonchev–Trinajstić information content (AvgIpc) is 2.80. The van der Waals surface area contributed by atoms with Gasteiger partial charge in [-0.05, 0) is 66.9 Å². The molecule has 1 fully saturated rings. The number of rotatable bonds is 5. The van der Waals surface area contributed by atoms with Gasteiger partial charge in [-0.1, -0.05) is 18.2 Å². The summed E-state index contributed by atoms with van der Waals surface area (Å²) in [6, 6.07) is 17.3. The first-order valence-electron chi connectivity index (χ1n) is 10.4. The summed E-state index contributed by atoms with van der Waals surface area (Å²) in [4.78, 5) is 35.3. The molecule has 1 atom stereocenters. The van der Waals surface area contributed by atoms with Gasteiger partial charge in [0, 0.05) is 31.5 Å². The third-order valence-corrected chi connectivity index (χ3v) is 5.30. The maximum Gasteiger partial charge on any atom is 0.239 e. The third-order valence-electron chi connectivity index (χ3n) is 5.30. The van der Waals surface area contributed by atoms with Crippen molar-refractivity contribution in [2.45, 2.75) is 19.8 Å². The van der Waals surface area contributed by atoms with Crippen LogP contribution in [-0.2, 0) is 9.59 Å². The van der Waals surface area contributed by atoms with Crippen LogP contribution >= 0.6 is 0 Å². The number of amides is 2. The Balaban J connectivity index is 1.60. The molecule has 31 heavy (non-hydrogen) atoms. The Kier molecular flexibility index (Phi) is 6.33. The van der Waals surface area contributed by atoms with Gasteiger partial charge in [-0.25, -0.2) is 14.9 Å². The Bertz CT molecular complexity index is 1060. The van der Waals surface area contributed by atoms with Crippen molar-refractivity contribution in [2.75, 3.05) is 23.3 Å². The summed E-state index contributed by atoms with van der Waals surface area (Å²) in [7, 11) is 0. The number of hydrogen-bond donors (Lipinski definition) is 2. The Morgan fingerprint density at radius 1 is 1.03 bits per heavy atom. The largest absolute Gasteiger partial charge is 0.340 e. The lowest BCUT2D eigenvalue weighted by Gasteiger charge is -2.27. The van der Waals surface area contributed by atoms with Gasteiger partial charge in [0.25, 0.3) is 0 Å². The van der Waals surface area contributed by atoms with E-state index in [2.05, 4.69) is 20.6 Å². The lowest BCUT2D eigenvalue weighted by Crippen LogP contribution is -2.45. The van der Waals surface area contributed by atoms with Crippen molar-refractivity contribution in [3.8, 4) is 11.1 Å². The summed E-state index contributed by atoms with van der Waals surface area (Å²) in [5, 5.41) is 6.51. The Hall–Kier alpha value is -3.58. The number of nitrogens with zero attached hydrogens (tertiary/aromatic N) is 3. The molecular formula is C24H25N5O2. The molecule has 0 saturated carbocycles. The summed E-state index contributed by atoms with van der Waals surface area (Å²) in [5.74, 6) is 0.294. The van der Waals surface area contributed by atoms with Gasteiger partial charge in [-0.3, -0.25) is 9.59 Å². The highest BCUT2D eigenvalue weighted by Crippen LogP contribution is 2.27. The summed E-state index contributed by atoms with van der Waals surface area (Å²) in [6.45, 7) is 2.89. The van der Waals surface area contributed by atoms with E-state index in [1.165, 1.54) is 11.8 Å². The molecule has 1 unspecified atom stereocenters. The van der Waals surface area contributed by atoms with Crippen molar-refractivity contribution >= 4 is 29.1 Å². The van der Waals surface area contributed by atoms with Crippen LogP contribution in [0.2, 0.25) is 0 Å². The van der Waals surface area contributed by atoms with Crippen molar-refractivity contribution in [3.63, 3.8) is 0 Å². The van der Waals surface area contributed by atoms with E-state index >= 15 is 0 Å². The molecule has 158 valence electrons. The molecule has 0 aliphatic carbocycles. The molecule has 0 spiro atoms. The zero-order valence-electron chi connectivity index (χ0n) is 17.4. The fourth-order valence-electron chi connectivity index (χ4n) is 3.74. The predicted molar refractivity (Wildman–Crippen MR) is 121 cm³/mol. The number of anilines is 3. The molecular weight excluding hydrogens is 390 g/mol. The first-order chi connectivity index (χ1) is 15.1. The second kappa shape index (κ2) is 9.49. The summed E-state index contributed by atoms with van der Waals surface area (Å²) in [5.41, 5.74) is 2.70. The van der Waals surface area contributed by atoms with Crippen LogP contribution in [0.3, 0.4) is 0 Å². The minimum absolute atomic E-state index is 0.203. The normalized spacial score (nSPS) is 15.8. The number of para-hydroxylation sites is 1. The standard InChI is InChI=1S/C24H25N5O2/c1-17(30)29(24(31)20-6-5-11-25-16-20)23-15-19(10-13-27-23)18-9-12-26-22(14-18)28-21-7-3-2-4-8-21/h2-4,7-10,12-15,20,25H,5-6,11,16H2,1H3,(H,26,28). The van der Waals surface area contributed by atoms with E-state index in [1.807, 2.05) is 48.5 Å². The number of aromatic nitrogens is 2. The molecule has 3 aromatic rings. The molecule has 1 saturated heterocycles. The van der Waals surface area contributed by atoms with Crippen LogP contribution in [0.1, 0.15) is 19.8 Å². The maximum absolute atomic E-state index is 13.1. The van der Waals surface area contributed by atoms with E-state index in [1.54, 1.807) is 18.5 Å². The highest BCUT2D eigenvalue weighted by molar-refractivity contribution is 6.14. The van der Waals surface area contributed by atoms with Crippen LogP contribution in [0.4, 0.5) is 17.3 Å². The van der Waals surface area contributed by atoms with Crippen molar-refractivity contribution < 1.29 is 9.59 Å². The minimum atomic E-state index is -0.332. The molecule has 2 aromatic heterocycles. The van der Waals surface area contributed by atoms with Crippen LogP contribution in [0.5, 0.6) is 0 Å². The average molecular weight is 415 g/mol. The van der Waals surface area contributed by atoms with E-state index in [0.29, 0.717) is 18.2 Å². The molecule has 1 aliphatic heterocycles. The van der Waals surface area contributed by atoms with Crippen molar-refractivity contribution in [1.29, 1.82) is 0 Å². The van der Waals surface area contributed by atoms with Crippen molar-refractivity contribution in [1.82, 2.24) is 15.3 Å². The van der Waals surface area contributed by atoms with E-state index in [4.69, 9.17) is 0 Å². The number of hydrogen-bond acceptors (Lipinski definition) is 6. The zero-order valence-corrected chi connectivity index (χ0v) is 17.4. The number of carbonyl (C=O) groups excluding carboxylic acids is 2. The number of piperidine rings is 1. The highest BCUT2D eigenvalue weighted by atomic mass is 16.2. The highest BCUT2D eigenvalue weighted by Gasteiger charge is 2.30. The lowest BCUT2D eigenvalue weighted by atomic mass is 9.98. The fourth-order valence-corrected chi connectivity index (χ4v) is 3.74. The van der Waals surface area contributed by atoms with Crippen LogP contribution in [-0.4, -0.2) is 34.9 Å². The van der Waals surface area contributed by atoms with Crippen LogP contribution in [0.15, 0.2) is 67.0 Å². The number of benzene rings is 1. The van der Waals surface area contributed by atoms with Gasteiger partial charge in [0.1, 0.15) is 11.6 Å². The molecule has 2 N–H and O–H groups in total. The molecule has 1 aliphatic rings. The predicted octanol–water partition coefficient (Wildman–Crippen LogP) is 3.77. The third kappa shape index (κ3) is 4.95. The zero-order chi connectivity index (χ0) is 21.6. The lowest BCUT2D eigenvalue weighted by molar-refractivity contribution is -0.128. The first-order valence-corrected chi connectivity index (χ1v) is 10.4.